The Hall–Kier alpha value is -1.44. The number of rotatable bonds is 6. The smallest absolute Gasteiger partial charge is 0.251 e. The summed E-state index contributed by atoms with van der Waals surface area (Å²) < 4.78 is 31.7. The van der Waals surface area contributed by atoms with Crippen molar-refractivity contribution < 1.29 is 17.9 Å². The number of benzene rings is 1. The molecular weight excluding hydrogens is 292 g/mol. The second kappa shape index (κ2) is 7.02. The van der Waals surface area contributed by atoms with Gasteiger partial charge in [-0.25, -0.2) is 13.1 Å². The number of amides is 1. The first-order chi connectivity index (χ1) is 10.0. The van der Waals surface area contributed by atoms with Crippen LogP contribution in [0.3, 0.4) is 0 Å². The van der Waals surface area contributed by atoms with E-state index in [1.54, 1.807) is 19.1 Å². The topological polar surface area (TPSA) is 84.5 Å². The second-order valence-corrected chi connectivity index (χ2v) is 6.64. The van der Waals surface area contributed by atoms with E-state index < -0.39 is 10.0 Å². The average Bonchev–Trinajstić information content (AvgIpc) is 2.98. The first-order valence-electron chi connectivity index (χ1n) is 7.02. The van der Waals surface area contributed by atoms with Gasteiger partial charge in [-0.15, -0.1) is 0 Å². The van der Waals surface area contributed by atoms with Crippen molar-refractivity contribution in [3.05, 3.63) is 29.8 Å². The van der Waals surface area contributed by atoms with Gasteiger partial charge in [-0.2, -0.15) is 0 Å². The van der Waals surface area contributed by atoms with Crippen molar-refractivity contribution in [3.8, 4) is 0 Å². The molecule has 1 atom stereocenters. The normalized spacial score (nSPS) is 18.6. The molecule has 116 valence electrons. The summed E-state index contributed by atoms with van der Waals surface area (Å²) in [6, 6.07) is 6.00. The van der Waals surface area contributed by atoms with E-state index in [0.29, 0.717) is 18.7 Å². The fraction of sp³-hybridized carbons (Fsp3) is 0.500. The molecule has 0 bridgehead atoms. The lowest BCUT2D eigenvalue weighted by Crippen LogP contribution is -2.32. The maximum Gasteiger partial charge on any atom is 0.251 e. The lowest BCUT2D eigenvalue weighted by Gasteiger charge is -2.11. The summed E-state index contributed by atoms with van der Waals surface area (Å²) in [6.07, 6.45) is 2.01. The van der Waals surface area contributed by atoms with E-state index in [2.05, 4.69) is 10.0 Å². The average molecular weight is 312 g/mol. The van der Waals surface area contributed by atoms with Gasteiger partial charge < -0.3 is 10.1 Å². The largest absolute Gasteiger partial charge is 0.376 e. The molecule has 2 N–H and O–H groups in total. The predicted molar refractivity (Wildman–Crippen MR) is 78.6 cm³/mol. The molecule has 7 heteroatoms. The Morgan fingerprint density at radius 3 is 2.90 bits per heavy atom. The lowest BCUT2D eigenvalue weighted by atomic mass is 10.2. The summed E-state index contributed by atoms with van der Waals surface area (Å²) in [4.78, 5) is 12.1. The predicted octanol–water partition coefficient (Wildman–Crippen LogP) is 0.894. The molecule has 2 rings (SSSR count). The Morgan fingerprint density at radius 1 is 1.43 bits per heavy atom. The van der Waals surface area contributed by atoms with E-state index in [9.17, 15) is 13.2 Å². The Morgan fingerprint density at radius 2 is 2.24 bits per heavy atom. The summed E-state index contributed by atoms with van der Waals surface area (Å²) in [5.41, 5.74) is 0.326. The van der Waals surface area contributed by atoms with Crippen LogP contribution in [-0.4, -0.2) is 40.1 Å². The maximum atomic E-state index is 12.1. The highest BCUT2D eigenvalue weighted by atomic mass is 32.2. The lowest BCUT2D eigenvalue weighted by molar-refractivity contribution is 0.0857. The van der Waals surface area contributed by atoms with Gasteiger partial charge in [-0.3, -0.25) is 4.79 Å². The van der Waals surface area contributed by atoms with Gasteiger partial charge in [-0.1, -0.05) is 13.0 Å². The molecule has 1 aliphatic heterocycles. The maximum absolute atomic E-state index is 12.1. The third kappa shape index (κ3) is 4.26. The van der Waals surface area contributed by atoms with Crippen molar-refractivity contribution in [2.24, 2.45) is 0 Å². The molecule has 0 radical (unpaired) electrons. The third-order valence-electron chi connectivity index (χ3n) is 3.26. The zero-order valence-corrected chi connectivity index (χ0v) is 12.8. The van der Waals surface area contributed by atoms with Crippen molar-refractivity contribution >= 4 is 15.9 Å². The van der Waals surface area contributed by atoms with E-state index in [1.165, 1.54) is 12.1 Å². The number of ether oxygens (including phenoxy) is 1. The Labute approximate surface area is 124 Å². The number of sulfonamides is 1. The van der Waals surface area contributed by atoms with E-state index in [0.717, 1.165) is 19.4 Å². The van der Waals surface area contributed by atoms with Crippen molar-refractivity contribution in [1.29, 1.82) is 0 Å². The summed E-state index contributed by atoms with van der Waals surface area (Å²) in [5.74, 6) is -0.293. The molecule has 0 aliphatic carbocycles. The van der Waals surface area contributed by atoms with Gasteiger partial charge >= 0.3 is 0 Å². The van der Waals surface area contributed by atoms with Gasteiger partial charge in [0.25, 0.3) is 5.91 Å². The van der Waals surface area contributed by atoms with Crippen LogP contribution in [-0.2, 0) is 14.8 Å². The SMILES string of the molecule is CCNS(=O)(=O)c1cccc(C(=O)NCC2CCCO2)c1. The van der Waals surface area contributed by atoms with Crippen molar-refractivity contribution in [3.63, 3.8) is 0 Å². The van der Waals surface area contributed by atoms with Crippen LogP contribution < -0.4 is 10.0 Å². The van der Waals surface area contributed by atoms with E-state index in [4.69, 9.17) is 4.74 Å². The molecule has 1 fully saturated rings. The van der Waals surface area contributed by atoms with Gasteiger partial charge in [0.15, 0.2) is 0 Å². The van der Waals surface area contributed by atoms with E-state index in [1.807, 2.05) is 0 Å². The highest BCUT2D eigenvalue weighted by Gasteiger charge is 2.18. The fourth-order valence-electron chi connectivity index (χ4n) is 2.19. The molecule has 1 heterocycles. The fourth-order valence-corrected chi connectivity index (χ4v) is 3.28. The highest BCUT2D eigenvalue weighted by molar-refractivity contribution is 7.89. The summed E-state index contributed by atoms with van der Waals surface area (Å²) >= 11 is 0. The molecule has 1 unspecified atom stereocenters. The quantitative estimate of drug-likeness (QED) is 0.817. The molecule has 6 nitrogen and oxygen atoms in total. The van der Waals surface area contributed by atoms with Crippen LogP contribution in [0.2, 0.25) is 0 Å². The summed E-state index contributed by atoms with van der Waals surface area (Å²) in [5, 5.41) is 2.77. The Bertz CT molecular complexity index is 595. The molecule has 0 saturated carbocycles. The molecule has 1 amide bonds. The summed E-state index contributed by atoms with van der Waals surface area (Å²) in [7, 11) is -3.55. The number of carbonyl (C=O) groups excluding carboxylic acids is 1. The molecule has 1 aliphatic rings. The molecule has 1 aromatic rings. The first kappa shape index (κ1) is 15.9. The molecule has 1 saturated heterocycles. The summed E-state index contributed by atoms with van der Waals surface area (Å²) in [6.45, 7) is 3.19. The van der Waals surface area contributed by atoms with Gasteiger partial charge in [-0.05, 0) is 31.0 Å². The number of hydrogen-bond acceptors (Lipinski definition) is 4. The highest BCUT2D eigenvalue weighted by Crippen LogP contribution is 2.13. The molecule has 21 heavy (non-hydrogen) atoms. The zero-order chi connectivity index (χ0) is 15.3. The minimum Gasteiger partial charge on any atom is -0.376 e. The number of nitrogens with one attached hydrogen (secondary N) is 2. The molecule has 0 aromatic heterocycles. The van der Waals surface area contributed by atoms with Crippen LogP contribution in [0, 0.1) is 0 Å². The van der Waals surface area contributed by atoms with Crippen molar-refractivity contribution in [2.75, 3.05) is 19.7 Å². The standard InChI is InChI=1S/C14H20N2O4S/c1-2-16-21(18,19)13-7-3-5-11(9-13)14(17)15-10-12-6-4-8-20-12/h3,5,7,9,12,16H,2,4,6,8,10H2,1H3,(H,15,17). The van der Waals surface area contributed by atoms with Crippen molar-refractivity contribution in [2.45, 2.75) is 30.8 Å². The molecule has 0 spiro atoms. The van der Waals surface area contributed by atoms with Crippen molar-refractivity contribution in [1.82, 2.24) is 10.0 Å². The minimum absolute atomic E-state index is 0.0580. The van der Waals surface area contributed by atoms with E-state index in [-0.39, 0.29) is 16.9 Å². The van der Waals surface area contributed by atoms with Crippen LogP contribution in [0.15, 0.2) is 29.2 Å². The van der Waals surface area contributed by atoms with Crippen LogP contribution >= 0.6 is 0 Å². The van der Waals surface area contributed by atoms with Crippen LogP contribution in [0.1, 0.15) is 30.1 Å². The van der Waals surface area contributed by atoms with Gasteiger partial charge in [0.1, 0.15) is 0 Å². The zero-order valence-electron chi connectivity index (χ0n) is 12.0. The third-order valence-corrected chi connectivity index (χ3v) is 4.80. The second-order valence-electron chi connectivity index (χ2n) is 4.87. The number of hydrogen-bond donors (Lipinski definition) is 2. The Kier molecular flexibility index (Phi) is 5.33. The van der Waals surface area contributed by atoms with Crippen LogP contribution in [0.5, 0.6) is 0 Å². The van der Waals surface area contributed by atoms with Crippen LogP contribution in [0.4, 0.5) is 0 Å². The first-order valence-corrected chi connectivity index (χ1v) is 8.51. The minimum atomic E-state index is -3.55. The number of carbonyl (C=O) groups is 1. The molecule has 1 aromatic carbocycles. The van der Waals surface area contributed by atoms with Crippen LogP contribution in [0.25, 0.3) is 0 Å². The van der Waals surface area contributed by atoms with Gasteiger partial charge in [0.05, 0.1) is 11.0 Å². The Balaban J connectivity index is 2.04. The van der Waals surface area contributed by atoms with E-state index >= 15 is 0 Å². The molecular formula is C14H20N2O4S. The van der Waals surface area contributed by atoms with Gasteiger partial charge in [0.2, 0.25) is 10.0 Å². The van der Waals surface area contributed by atoms with Gasteiger partial charge in [0, 0.05) is 25.3 Å². The monoisotopic (exact) mass is 312 g/mol.